The van der Waals surface area contributed by atoms with E-state index in [0.29, 0.717) is 18.0 Å². The lowest BCUT2D eigenvalue weighted by Gasteiger charge is -2.42. The van der Waals surface area contributed by atoms with Gasteiger partial charge in [-0.05, 0) is 18.3 Å². The zero-order valence-electron chi connectivity index (χ0n) is 13.5. The summed E-state index contributed by atoms with van der Waals surface area (Å²) in [6.45, 7) is 12.3. The van der Waals surface area contributed by atoms with Crippen LogP contribution in [0.15, 0.2) is 6.33 Å². The third-order valence-corrected chi connectivity index (χ3v) is 4.21. The number of nitrogens with zero attached hydrogens (tertiary/aromatic N) is 4. The predicted molar refractivity (Wildman–Crippen MR) is 81.3 cm³/mol. The molecule has 1 aromatic rings. The molecule has 1 N–H and O–H groups in total. The van der Waals surface area contributed by atoms with Gasteiger partial charge in [-0.15, -0.1) is 0 Å². The van der Waals surface area contributed by atoms with E-state index < -0.39 is 0 Å². The van der Waals surface area contributed by atoms with Crippen LogP contribution in [0.2, 0.25) is 0 Å². The van der Waals surface area contributed by atoms with Crippen molar-refractivity contribution in [1.29, 1.82) is 0 Å². The number of hydrogen-bond donors (Lipinski definition) is 1. The van der Waals surface area contributed by atoms with Gasteiger partial charge in [-0.2, -0.15) is 5.10 Å². The standard InChI is InChI=1S/C15H29N5/c1-11(2)6-13-8-20(14(7-16-13)12(3)4)9-15-17-10-18-19(15)5/h10-14,16H,6-9H2,1-5H3. The molecular formula is C15H29N5. The molecule has 0 aromatic carbocycles. The molecule has 1 aromatic heterocycles. The lowest BCUT2D eigenvalue weighted by molar-refractivity contribution is 0.0816. The van der Waals surface area contributed by atoms with E-state index in [-0.39, 0.29) is 0 Å². The summed E-state index contributed by atoms with van der Waals surface area (Å²) >= 11 is 0. The Morgan fingerprint density at radius 2 is 2.10 bits per heavy atom. The number of hydrogen-bond acceptors (Lipinski definition) is 4. The molecule has 2 atom stereocenters. The van der Waals surface area contributed by atoms with Crippen LogP contribution in [0.5, 0.6) is 0 Å². The fourth-order valence-electron chi connectivity index (χ4n) is 3.11. The normalized spacial score (nSPS) is 24.8. The van der Waals surface area contributed by atoms with E-state index in [1.807, 2.05) is 11.7 Å². The van der Waals surface area contributed by atoms with Crippen LogP contribution in [0.25, 0.3) is 0 Å². The first-order valence-corrected chi connectivity index (χ1v) is 7.77. The van der Waals surface area contributed by atoms with E-state index in [2.05, 4.69) is 48.0 Å². The molecule has 1 aliphatic rings. The molecular weight excluding hydrogens is 250 g/mol. The summed E-state index contributed by atoms with van der Waals surface area (Å²) in [5, 5.41) is 7.90. The van der Waals surface area contributed by atoms with Crippen molar-refractivity contribution in [3.63, 3.8) is 0 Å². The highest BCUT2D eigenvalue weighted by molar-refractivity contribution is 4.92. The summed E-state index contributed by atoms with van der Waals surface area (Å²) in [5.74, 6) is 2.44. The summed E-state index contributed by atoms with van der Waals surface area (Å²) in [5.41, 5.74) is 0. The Morgan fingerprint density at radius 3 is 2.65 bits per heavy atom. The van der Waals surface area contributed by atoms with Gasteiger partial charge in [0.15, 0.2) is 0 Å². The van der Waals surface area contributed by atoms with Crippen LogP contribution in [-0.2, 0) is 13.6 Å². The first kappa shape index (κ1) is 15.4. The monoisotopic (exact) mass is 279 g/mol. The van der Waals surface area contributed by atoms with Crippen molar-refractivity contribution in [2.45, 2.75) is 52.7 Å². The predicted octanol–water partition coefficient (Wildman–Crippen LogP) is 1.66. The van der Waals surface area contributed by atoms with Gasteiger partial charge < -0.3 is 5.32 Å². The second kappa shape index (κ2) is 6.68. The average molecular weight is 279 g/mol. The Balaban J connectivity index is 2.05. The molecule has 20 heavy (non-hydrogen) atoms. The first-order chi connectivity index (χ1) is 9.47. The molecule has 5 nitrogen and oxygen atoms in total. The van der Waals surface area contributed by atoms with Crippen molar-refractivity contribution < 1.29 is 0 Å². The second-order valence-electron chi connectivity index (χ2n) is 6.78. The second-order valence-corrected chi connectivity index (χ2v) is 6.78. The summed E-state index contributed by atoms with van der Waals surface area (Å²) in [4.78, 5) is 6.96. The van der Waals surface area contributed by atoms with E-state index in [1.165, 1.54) is 6.42 Å². The maximum absolute atomic E-state index is 4.38. The average Bonchev–Trinajstić information content (AvgIpc) is 2.74. The zero-order valence-corrected chi connectivity index (χ0v) is 13.5. The van der Waals surface area contributed by atoms with Gasteiger partial charge in [0.2, 0.25) is 0 Å². The fourth-order valence-corrected chi connectivity index (χ4v) is 3.11. The number of aryl methyl sites for hydroxylation is 1. The van der Waals surface area contributed by atoms with Gasteiger partial charge in [-0.1, -0.05) is 27.7 Å². The molecule has 1 saturated heterocycles. The Labute approximate surface area is 122 Å². The van der Waals surface area contributed by atoms with Gasteiger partial charge in [-0.25, -0.2) is 4.98 Å². The Bertz CT molecular complexity index is 412. The summed E-state index contributed by atoms with van der Waals surface area (Å²) in [6.07, 6.45) is 2.88. The summed E-state index contributed by atoms with van der Waals surface area (Å²) in [7, 11) is 1.97. The maximum atomic E-state index is 4.38. The van der Waals surface area contributed by atoms with E-state index >= 15 is 0 Å². The van der Waals surface area contributed by atoms with E-state index in [9.17, 15) is 0 Å². The molecule has 1 fully saturated rings. The molecule has 0 bridgehead atoms. The highest BCUT2D eigenvalue weighted by Crippen LogP contribution is 2.20. The lowest BCUT2D eigenvalue weighted by atomic mass is 9.95. The van der Waals surface area contributed by atoms with Crippen LogP contribution in [0, 0.1) is 11.8 Å². The number of piperazine rings is 1. The first-order valence-electron chi connectivity index (χ1n) is 7.77. The van der Waals surface area contributed by atoms with Gasteiger partial charge in [0, 0.05) is 32.2 Å². The molecule has 0 radical (unpaired) electrons. The minimum absolute atomic E-state index is 0.579. The Kier molecular flexibility index (Phi) is 5.16. The van der Waals surface area contributed by atoms with Crippen LogP contribution in [0.4, 0.5) is 0 Å². The van der Waals surface area contributed by atoms with Crippen LogP contribution in [0.3, 0.4) is 0 Å². The minimum Gasteiger partial charge on any atom is -0.311 e. The Morgan fingerprint density at radius 1 is 1.35 bits per heavy atom. The SMILES string of the molecule is CC(C)CC1CN(Cc2ncnn2C)C(C(C)C)CN1. The third kappa shape index (κ3) is 3.79. The fraction of sp³-hybridized carbons (Fsp3) is 0.867. The maximum Gasteiger partial charge on any atom is 0.140 e. The van der Waals surface area contributed by atoms with Crippen molar-refractivity contribution in [3.05, 3.63) is 12.2 Å². The summed E-state index contributed by atoms with van der Waals surface area (Å²) in [6, 6.07) is 1.17. The van der Waals surface area contributed by atoms with Crippen molar-refractivity contribution in [1.82, 2.24) is 25.0 Å². The van der Waals surface area contributed by atoms with Gasteiger partial charge in [0.25, 0.3) is 0 Å². The molecule has 0 saturated carbocycles. The van der Waals surface area contributed by atoms with Crippen molar-refractivity contribution in [2.24, 2.45) is 18.9 Å². The smallest absolute Gasteiger partial charge is 0.140 e. The molecule has 2 unspecified atom stereocenters. The number of aromatic nitrogens is 3. The number of rotatable bonds is 5. The van der Waals surface area contributed by atoms with Crippen LogP contribution in [-0.4, -0.2) is 44.8 Å². The molecule has 114 valence electrons. The van der Waals surface area contributed by atoms with E-state index in [0.717, 1.165) is 31.4 Å². The summed E-state index contributed by atoms with van der Waals surface area (Å²) < 4.78 is 1.89. The molecule has 0 aliphatic carbocycles. The molecule has 2 rings (SSSR count). The van der Waals surface area contributed by atoms with Gasteiger partial charge in [0.1, 0.15) is 12.2 Å². The molecule has 5 heteroatoms. The quantitative estimate of drug-likeness (QED) is 0.890. The highest BCUT2D eigenvalue weighted by atomic mass is 15.3. The van der Waals surface area contributed by atoms with Crippen molar-refractivity contribution in [2.75, 3.05) is 13.1 Å². The van der Waals surface area contributed by atoms with Gasteiger partial charge in [-0.3, -0.25) is 9.58 Å². The van der Waals surface area contributed by atoms with Crippen LogP contribution < -0.4 is 5.32 Å². The molecule has 0 amide bonds. The van der Waals surface area contributed by atoms with Crippen LogP contribution >= 0.6 is 0 Å². The molecule has 1 aliphatic heterocycles. The Hall–Kier alpha value is -0.940. The highest BCUT2D eigenvalue weighted by Gasteiger charge is 2.30. The van der Waals surface area contributed by atoms with Crippen molar-refractivity contribution >= 4 is 0 Å². The van der Waals surface area contributed by atoms with Gasteiger partial charge in [0.05, 0.1) is 6.54 Å². The largest absolute Gasteiger partial charge is 0.311 e. The van der Waals surface area contributed by atoms with E-state index in [4.69, 9.17) is 0 Å². The number of nitrogens with one attached hydrogen (secondary N) is 1. The minimum atomic E-state index is 0.579. The third-order valence-electron chi connectivity index (χ3n) is 4.21. The molecule has 0 spiro atoms. The lowest BCUT2D eigenvalue weighted by Crippen LogP contribution is -2.58. The van der Waals surface area contributed by atoms with Crippen LogP contribution in [0.1, 0.15) is 39.9 Å². The zero-order chi connectivity index (χ0) is 14.7. The molecule has 2 heterocycles. The van der Waals surface area contributed by atoms with E-state index in [1.54, 1.807) is 6.33 Å². The van der Waals surface area contributed by atoms with Gasteiger partial charge >= 0.3 is 0 Å². The van der Waals surface area contributed by atoms with Crippen molar-refractivity contribution in [3.8, 4) is 0 Å². The topological polar surface area (TPSA) is 46.0 Å².